The molecule has 0 saturated heterocycles. The molecule has 20 heavy (non-hydrogen) atoms. The van der Waals surface area contributed by atoms with Crippen molar-refractivity contribution in [1.29, 1.82) is 0 Å². The third-order valence-corrected chi connectivity index (χ3v) is 3.47. The highest BCUT2D eigenvalue weighted by molar-refractivity contribution is 5.94. The molecule has 0 aromatic heterocycles. The van der Waals surface area contributed by atoms with Crippen LogP contribution >= 0.6 is 0 Å². The topological polar surface area (TPSA) is 65.5 Å². The van der Waals surface area contributed by atoms with Gasteiger partial charge >= 0.3 is 0 Å². The highest BCUT2D eigenvalue weighted by Gasteiger charge is 2.23. The fourth-order valence-electron chi connectivity index (χ4n) is 2.16. The van der Waals surface area contributed by atoms with E-state index in [-0.39, 0.29) is 5.91 Å². The lowest BCUT2D eigenvalue weighted by molar-refractivity contribution is 0.0951. The highest BCUT2D eigenvalue weighted by atomic mass is 16.1. The molecule has 0 spiro atoms. The summed E-state index contributed by atoms with van der Waals surface area (Å²) in [4.78, 5) is 16.3. The van der Waals surface area contributed by atoms with Crippen molar-refractivity contribution in [3.8, 4) is 0 Å². The molecular weight excluding hydrogens is 252 g/mol. The molecule has 1 aliphatic heterocycles. The molecule has 3 N–H and O–H groups in total. The van der Waals surface area contributed by atoms with E-state index in [0.29, 0.717) is 18.6 Å². The van der Waals surface area contributed by atoms with Crippen LogP contribution in [0.3, 0.4) is 0 Å². The second-order valence-electron chi connectivity index (χ2n) is 5.54. The Morgan fingerprint density at radius 1 is 1.45 bits per heavy atom. The van der Waals surface area contributed by atoms with Gasteiger partial charge < -0.3 is 16.0 Å². The fraction of sp³-hybridized carbons (Fsp3) is 0.467. The molecule has 1 unspecified atom stereocenters. The summed E-state index contributed by atoms with van der Waals surface area (Å²) < 4.78 is 0. The molecule has 5 heteroatoms. The molecular formula is C15H20N4O. The minimum Gasteiger partial charge on any atom is -0.352 e. The van der Waals surface area contributed by atoms with Gasteiger partial charge in [-0.25, -0.2) is 0 Å². The van der Waals surface area contributed by atoms with E-state index in [0.717, 1.165) is 36.5 Å². The van der Waals surface area contributed by atoms with Gasteiger partial charge in [0.15, 0.2) is 5.96 Å². The van der Waals surface area contributed by atoms with Crippen LogP contribution in [0.2, 0.25) is 0 Å². The smallest absolute Gasteiger partial charge is 0.251 e. The Balaban J connectivity index is 1.57. The van der Waals surface area contributed by atoms with E-state index in [4.69, 9.17) is 0 Å². The molecule has 1 amide bonds. The monoisotopic (exact) mass is 272 g/mol. The molecule has 1 saturated carbocycles. The zero-order chi connectivity index (χ0) is 13.9. The SMILES string of the molecule is CC1CN=C(NCc2cccc(C(=O)NC3CC3)c2)N1. The standard InChI is InChI=1S/C15H20N4O/c1-10-8-16-15(18-10)17-9-11-3-2-4-12(7-11)14(20)19-13-5-6-13/h2-4,7,10,13H,5-6,8-9H2,1H3,(H,19,20)(H2,16,17,18). The van der Waals surface area contributed by atoms with Gasteiger partial charge in [0.1, 0.15) is 0 Å². The molecule has 3 rings (SSSR count). The molecule has 1 heterocycles. The lowest BCUT2D eigenvalue weighted by Crippen LogP contribution is -2.37. The Hall–Kier alpha value is -2.04. The summed E-state index contributed by atoms with van der Waals surface area (Å²) in [6, 6.07) is 8.51. The first-order valence-electron chi connectivity index (χ1n) is 7.15. The van der Waals surface area contributed by atoms with Crippen molar-refractivity contribution in [2.75, 3.05) is 6.54 Å². The number of guanidine groups is 1. The average Bonchev–Trinajstić information content (AvgIpc) is 3.17. The van der Waals surface area contributed by atoms with Crippen LogP contribution in [0.4, 0.5) is 0 Å². The number of hydrogen-bond donors (Lipinski definition) is 3. The van der Waals surface area contributed by atoms with Crippen LogP contribution in [-0.4, -0.2) is 30.5 Å². The Kier molecular flexibility index (Phi) is 3.58. The minimum atomic E-state index is 0.0271. The van der Waals surface area contributed by atoms with Crippen LogP contribution in [0.1, 0.15) is 35.7 Å². The zero-order valence-electron chi connectivity index (χ0n) is 11.6. The van der Waals surface area contributed by atoms with Gasteiger partial charge in [-0.3, -0.25) is 9.79 Å². The maximum atomic E-state index is 12.0. The van der Waals surface area contributed by atoms with Crippen molar-refractivity contribution in [2.24, 2.45) is 4.99 Å². The molecule has 1 fully saturated rings. The quantitative estimate of drug-likeness (QED) is 0.766. The maximum absolute atomic E-state index is 12.0. The predicted octanol–water partition coefficient (Wildman–Crippen LogP) is 1.02. The lowest BCUT2D eigenvalue weighted by Gasteiger charge is -2.10. The molecule has 0 bridgehead atoms. The Labute approximate surface area is 118 Å². The van der Waals surface area contributed by atoms with E-state index in [1.54, 1.807) is 0 Å². The normalized spacial score (nSPS) is 21.1. The third-order valence-electron chi connectivity index (χ3n) is 3.47. The summed E-state index contributed by atoms with van der Waals surface area (Å²) in [5, 5.41) is 9.52. The van der Waals surface area contributed by atoms with E-state index in [1.807, 2.05) is 24.3 Å². The van der Waals surface area contributed by atoms with Gasteiger partial charge in [-0.1, -0.05) is 12.1 Å². The third kappa shape index (κ3) is 3.29. The second-order valence-corrected chi connectivity index (χ2v) is 5.54. The summed E-state index contributed by atoms with van der Waals surface area (Å²) in [6.07, 6.45) is 2.22. The first-order valence-corrected chi connectivity index (χ1v) is 7.15. The maximum Gasteiger partial charge on any atom is 0.251 e. The molecule has 1 atom stereocenters. The van der Waals surface area contributed by atoms with Crippen molar-refractivity contribution >= 4 is 11.9 Å². The predicted molar refractivity (Wildman–Crippen MR) is 78.7 cm³/mol. The van der Waals surface area contributed by atoms with E-state index in [9.17, 15) is 4.79 Å². The minimum absolute atomic E-state index is 0.0271. The Morgan fingerprint density at radius 3 is 3.00 bits per heavy atom. The number of carbonyl (C=O) groups excluding carboxylic acids is 1. The van der Waals surface area contributed by atoms with Crippen molar-refractivity contribution < 1.29 is 4.79 Å². The number of benzene rings is 1. The zero-order valence-corrected chi connectivity index (χ0v) is 11.6. The van der Waals surface area contributed by atoms with Crippen molar-refractivity contribution in [3.63, 3.8) is 0 Å². The summed E-state index contributed by atoms with van der Waals surface area (Å²) in [5.41, 5.74) is 1.81. The molecule has 5 nitrogen and oxygen atoms in total. The number of nitrogens with one attached hydrogen (secondary N) is 3. The van der Waals surface area contributed by atoms with Gasteiger partial charge in [-0.15, -0.1) is 0 Å². The Bertz CT molecular complexity index is 536. The van der Waals surface area contributed by atoms with Gasteiger partial charge in [0.2, 0.25) is 0 Å². The van der Waals surface area contributed by atoms with Crippen LogP contribution in [0, 0.1) is 0 Å². The van der Waals surface area contributed by atoms with E-state index in [2.05, 4.69) is 27.9 Å². The number of aliphatic imine (C=N–C) groups is 1. The Morgan fingerprint density at radius 2 is 2.30 bits per heavy atom. The average molecular weight is 272 g/mol. The lowest BCUT2D eigenvalue weighted by atomic mass is 10.1. The van der Waals surface area contributed by atoms with Gasteiger partial charge in [0.25, 0.3) is 5.91 Å². The number of rotatable bonds is 4. The number of nitrogens with zero attached hydrogens (tertiary/aromatic N) is 1. The van der Waals surface area contributed by atoms with Crippen LogP contribution < -0.4 is 16.0 Å². The van der Waals surface area contributed by atoms with Gasteiger partial charge in [0, 0.05) is 24.2 Å². The largest absolute Gasteiger partial charge is 0.352 e. The highest BCUT2D eigenvalue weighted by Crippen LogP contribution is 2.19. The van der Waals surface area contributed by atoms with Crippen LogP contribution in [0.5, 0.6) is 0 Å². The number of carbonyl (C=O) groups is 1. The molecule has 1 aromatic rings. The summed E-state index contributed by atoms with van der Waals surface area (Å²) in [5.74, 6) is 0.865. The number of hydrogen-bond acceptors (Lipinski definition) is 4. The van der Waals surface area contributed by atoms with Crippen molar-refractivity contribution in [3.05, 3.63) is 35.4 Å². The summed E-state index contributed by atoms with van der Waals surface area (Å²) in [6.45, 7) is 3.58. The van der Waals surface area contributed by atoms with Gasteiger partial charge in [-0.05, 0) is 37.5 Å². The van der Waals surface area contributed by atoms with Crippen LogP contribution in [0.25, 0.3) is 0 Å². The first kappa shape index (κ1) is 13.0. The van der Waals surface area contributed by atoms with Crippen molar-refractivity contribution in [1.82, 2.24) is 16.0 Å². The first-order chi connectivity index (χ1) is 9.70. The molecule has 2 aliphatic rings. The van der Waals surface area contributed by atoms with E-state index in [1.165, 1.54) is 0 Å². The molecule has 106 valence electrons. The fourth-order valence-corrected chi connectivity index (χ4v) is 2.16. The summed E-state index contributed by atoms with van der Waals surface area (Å²) in [7, 11) is 0. The van der Waals surface area contributed by atoms with Crippen molar-refractivity contribution in [2.45, 2.75) is 38.4 Å². The second kappa shape index (κ2) is 5.53. The summed E-state index contributed by atoms with van der Waals surface area (Å²) >= 11 is 0. The molecule has 0 radical (unpaired) electrons. The van der Waals surface area contributed by atoms with E-state index < -0.39 is 0 Å². The molecule has 1 aromatic carbocycles. The van der Waals surface area contributed by atoms with Crippen LogP contribution in [-0.2, 0) is 6.54 Å². The van der Waals surface area contributed by atoms with Gasteiger partial charge in [0.05, 0.1) is 6.54 Å². The van der Waals surface area contributed by atoms with Crippen LogP contribution in [0.15, 0.2) is 29.3 Å². The van der Waals surface area contributed by atoms with Gasteiger partial charge in [-0.2, -0.15) is 0 Å². The molecule has 1 aliphatic carbocycles. The van der Waals surface area contributed by atoms with E-state index >= 15 is 0 Å². The number of amides is 1.